The Hall–Kier alpha value is -1.38. The summed E-state index contributed by atoms with van der Waals surface area (Å²) in [5.41, 5.74) is 0.188. The SMILES string of the molecule is O=[P+]([O-])c1cc2ccccc2n1[O-]. The first-order valence-corrected chi connectivity index (χ1v) is 4.80. The van der Waals surface area contributed by atoms with Gasteiger partial charge in [-0.1, -0.05) is 22.8 Å². The molecule has 0 N–H and O–H groups in total. The average molecular weight is 194 g/mol. The molecule has 0 saturated carbocycles. The van der Waals surface area contributed by atoms with Gasteiger partial charge in [0.1, 0.15) is 0 Å². The summed E-state index contributed by atoms with van der Waals surface area (Å²) in [6.07, 6.45) is 0. The Morgan fingerprint density at radius 1 is 1.31 bits per heavy atom. The summed E-state index contributed by atoms with van der Waals surface area (Å²) in [5, 5.41) is 11.9. The minimum atomic E-state index is -2.81. The van der Waals surface area contributed by atoms with Crippen molar-refractivity contribution in [3.63, 3.8) is 0 Å². The molecule has 1 aromatic carbocycles. The van der Waals surface area contributed by atoms with E-state index in [4.69, 9.17) is 0 Å². The van der Waals surface area contributed by atoms with Gasteiger partial charge in [-0.3, -0.25) is 0 Å². The molecule has 2 aromatic rings. The van der Waals surface area contributed by atoms with Crippen molar-refractivity contribution in [3.05, 3.63) is 35.5 Å². The summed E-state index contributed by atoms with van der Waals surface area (Å²) in [6, 6.07) is 8.10. The topological polar surface area (TPSA) is 68.1 Å². The van der Waals surface area contributed by atoms with Crippen LogP contribution in [0, 0.1) is 5.21 Å². The fourth-order valence-corrected chi connectivity index (χ4v) is 1.74. The molecule has 13 heavy (non-hydrogen) atoms. The highest BCUT2D eigenvalue weighted by Gasteiger charge is 2.12. The van der Waals surface area contributed by atoms with Gasteiger partial charge in [-0.15, -0.1) is 0 Å². The molecular formula is C8H5NO3P-. The lowest BCUT2D eigenvalue weighted by molar-refractivity contribution is -0.161. The van der Waals surface area contributed by atoms with Crippen molar-refractivity contribution in [1.29, 1.82) is 0 Å². The van der Waals surface area contributed by atoms with Gasteiger partial charge in [0.15, 0.2) is 0 Å². The quantitative estimate of drug-likeness (QED) is 0.628. The van der Waals surface area contributed by atoms with Crippen LogP contribution in [0.25, 0.3) is 10.9 Å². The second-order valence-electron chi connectivity index (χ2n) is 2.61. The van der Waals surface area contributed by atoms with Crippen LogP contribution in [-0.2, 0) is 4.57 Å². The Kier molecular flexibility index (Phi) is 1.79. The van der Waals surface area contributed by atoms with E-state index in [1.807, 2.05) is 0 Å². The zero-order valence-corrected chi connectivity index (χ0v) is 7.40. The minimum absolute atomic E-state index is 0.198. The third-order valence-electron chi connectivity index (χ3n) is 1.84. The van der Waals surface area contributed by atoms with Crippen molar-refractivity contribution in [2.24, 2.45) is 0 Å². The molecule has 0 radical (unpaired) electrons. The van der Waals surface area contributed by atoms with Gasteiger partial charge < -0.3 is 14.8 Å². The zero-order valence-electron chi connectivity index (χ0n) is 6.51. The van der Waals surface area contributed by atoms with E-state index in [0.717, 1.165) is 0 Å². The summed E-state index contributed by atoms with van der Waals surface area (Å²) in [6.45, 7) is 0. The Labute approximate surface area is 74.9 Å². The van der Waals surface area contributed by atoms with Crippen LogP contribution in [0.15, 0.2) is 30.3 Å². The van der Waals surface area contributed by atoms with Gasteiger partial charge in [0, 0.05) is 17.0 Å². The van der Waals surface area contributed by atoms with Crippen molar-refractivity contribution >= 4 is 24.4 Å². The maximum atomic E-state index is 11.3. The van der Waals surface area contributed by atoms with E-state index < -0.39 is 8.03 Å². The molecule has 0 aliphatic carbocycles. The highest BCUT2D eigenvalue weighted by molar-refractivity contribution is 7.45. The molecule has 0 aliphatic rings. The normalized spacial score (nSPS) is 11.9. The lowest BCUT2D eigenvalue weighted by Gasteiger charge is -2.07. The van der Waals surface area contributed by atoms with E-state index in [1.54, 1.807) is 24.3 Å². The second-order valence-corrected chi connectivity index (χ2v) is 3.59. The van der Waals surface area contributed by atoms with Crippen LogP contribution in [0.5, 0.6) is 0 Å². The monoisotopic (exact) mass is 194 g/mol. The number of para-hydroxylation sites is 1. The van der Waals surface area contributed by atoms with E-state index in [9.17, 15) is 14.7 Å². The van der Waals surface area contributed by atoms with E-state index in [2.05, 4.69) is 0 Å². The van der Waals surface area contributed by atoms with E-state index in [-0.39, 0.29) is 5.44 Å². The van der Waals surface area contributed by atoms with E-state index in [1.165, 1.54) is 6.07 Å². The number of hydrogen-bond acceptors (Lipinski definition) is 3. The molecule has 66 valence electrons. The smallest absolute Gasteiger partial charge is 0.367 e. The van der Waals surface area contributed by atoms with Crippen LogP contribution in [-0.4, -0.2) is 4.73 Å². The molecule has 5 heteroatoms. The molecule has 4 nitrogen and oxygen atoms in total. The summed E-state index contributed by atoms with van der Waals surface area (Å²) < 4.78 is 11.0. The Morgan fingerprint density at radius 3 is 2.62 bits per heavy atom. The summed E-state index contributed by atoms with van der Waals surface area (Å²) in [4.78, 5) is 10.6. The van der Waals surface area contributed by atoms with Gasteiger partial charge in [-0.25, -0.2) is 0 Å². The number of benzene rings is 1. The van der Waals surface area contributed by atoms with Gasteiger partial charge in [-0.2, -0.15) is 0 Å². The first-order valence-electron chi connectivity index (χ1n) is 3.62. The van der Waals surface area contributed by atoms with Gasteiger partial charge in [0.05, 0.1) is 0 Å². The molecule has 1 unspecified atom stereocenters. The van der Waals surface area contributed by atoms with Gasteiger partial charge in [-0.05, 0) is 6.07 Å². The molecule has 2 rings (SSSR count). The third-order valence-corrected chi connectivity index (χ3v) is 2.52. The fraction of sp³-hybridized carbons (Fsp3) is 0. The predicted octanol–water partition coefficient (Wildman–Crippen LogP) is 0.715. The van der Waals surface area contributed by atoms with Crippen molar-refractivity contribution in [2.45, 2.75) is 0 Å². The van der Waals surface area contributed by atoms with E-state index >= 15 is 0 Å². The second kappa shape index (κ2) is 2.83. The lowest BCUT2D eigenvalue weighted by atomic mass is 10.3. The summed E-state index contributed by atoms with van der Waals surface area (Å²) in [7, 11) is -2.81. The Balaban J connectivity index is 2.81. The third kappa shape index (κ3) is 1.20. The molecule has 0 aliphatic heterocycles. The first kappa shape index (κ1) is 8.23. The molecule has 1 heterocycles. The number of fused-ring (bicyclic) bond motifs is 1. The minimum Gasteiger partial charge on any atom is -0.803 e. The van der Waals surface area contributed by atoms with Crippen LogP contribution in [0.3, 0.4) is 0 Å². The molecule has 0 bridgehead atoms. The lowest BCUT2D eigenvalue weighted by Crippen LogP contribution is -2.11. The largest absolute Gasteiger partial charge is 0.803 e. The summed E-state index contributed by atoms with van der Waals surface area (Å²) in [5.74, 6) is 0. The molecule has 0 spiro atoms. The number of aromatic nitrogens is 1. The van der Waals surface area contributed by atoms with Crippen LogP contribution in [0.2, 0.25) is 0 Å². The number of hydrogen-bond donors (Lipinski definition) is 0. The van der Waals surface area contributed by atoms with Crippen molar-refractivity contribution < 1.29 is 9.46 Å². The van der Waals surface area contributed by atoms with Gasteiger partial charge in [0.25, 0.3) is 5.44 Å². The van der Waals surface area contributed by atoms with Crippen LogP contribution < -0.4 is 10.3 Å². The molecular weight excluding hydrogens is 189 g/mol. The Morgan fingerprint density at radius 2 is 2.00 bits per heavy atom. The maximum Gasteiger partial charge on any atom is 0.367 e. The molecule has 0 amide bonds. The highest BCUT2D eigenvalue weighted by Crippen LogP contribution is 2.18. The van der Waals surface area contributed by atoms with Crippen LogP contribution >= 0.6 is 8.03 Å². The van der Waals surface area contributed by atoms with Crippen LogP contribution in [0.1, 0.15) is 0 Å². The van der Waals surface area contributed by atoms with Crippen molar-refractivity contribution in [3.8, 4) is 0 Å². The number of nitrogens with zero attached hydrogens (tertiary/aromatic N) is 1. The highest BCUT2D eigenvalue weighted by atomic mass is 31.1. The maximum absolute atomic E-state index is 11.3. The molecule has 0 saturated heterocycles. The molecule has 1 aromatic heterocycles. The average Bonchev–Trinajstić information content (AvgIpc) is 2.45. The first-order chi connectivity index (χ1) is 6.20. The van der Waals surface area contributed by atoms with E-state index in [0.29, 0.717) is 15.6 Å². The van der Waals surface area contributed by atoms with Gasteiger partial charge in [0.2, 0.25) is 0 Å². The van der Waals surface area contributed by atoms with Crippen molar-refractivity contribution in [2.75, 3.05) is 0 Å². The predicted molar refractivity (Wildman–Crippen MR) is 47.9 cm³/mol. The van der Waals surface area contributed by atoms with Crippen molar-refractivity contribution in [1.82, 2.24) is 4.73 Å². The zero-order chi connectivity index (χ0) is 9.42. The fourth-order valence-electron chi connectivity index (χ4n) is 1.24. The molecule has 1 atom stereocenters. The van der Waals surface area contributed by atoms with Gasteiger partial charge >= 0.3 is 8.03 Å². The number of rotatable bonds is 1. The molecule has 0 fully saturated rings. The Bertz CT molecular complexity index is 477. The standard InChI is InChI=1S/C8H5NO3P/c10-9-7-4-2-1-3-6(7)5-8(9)13(11)12/h1-5H/q-1. The van der Waals surface area contributed by atoms with Crippen LogP contribution in [0.4, 0.5) is 0 Å². The summed E-state index contributed by atoms with van der Waals surface area (Å²) >= 11 is 0.